The van der Waals surface area contributed by atoms with Crippen LogP contribution >= 0.6 is 12.4 Å². The highest BCUT2D eigenvalue weighted by atomic mass is 35.5. The van der Waals surface area contributed by atoms with Crippen LogP contribution in [0.5, 0.6) is 0 Å². The maximum Gasteiger partial charge on any atom is 0.303 e. The van der Waals surface area contributed by atoms with Crippen molar-refractivity contribution in [2.45, 2.75) is 52.0 Å². The van der Waals surface area contributed by atoms with Crippen molar-refractivity contribution in [2.24, 2.45) is 0 Å². The average molecular weight is 300 g/mol. The van der Waals surface area contributed by atoms with Gasteiger partial charge in [0.25, 0.3) is 0 Å². The van der Waals surface area contributed by atoms with Crippen LogP contribution in [0.2, 0.25) is 0 Å². The monoisotopic (exact) mass is 299 g/mol. The number of aliphatic carboxylic acids is 1. The number of hydrogen-bond donors (Lipinski definition) is 2. The quantitative estimate of drug-likeness (QED) is 0.646. The van der Waals surface area contributed by atoms with Gasteiger partial charge in [0.1, 0.15) is 0 Å². The first-order valence-corrected chi connectivity index (χ1v) is 7.22. The minimum Gasteiger partial charge on any atom is -0.481 e. The molecule has 0 bridgehead atoms. The second-order valence-corrected chi connectivity index (χ2v) is 4.95. The van der Waals surface area contributed by atoms with E-state index >= 15 is 0 Å². The van der Waals surface area contributed by atoms with Crippen molar-refractivity contribution in [3.05, 3.63) is 35.4 Å². The van der Waals surface area contributed by atoms with Gasteiger partial charge in [-0.3, -0.25) is 4.79 Å². The van der Waals surface area contributed by atoms with Crippen LogP contribution in [-0.4, -0.2) is 17.6 Å². The van der Waals surface area contributed by atoms with E-state index in [0.717, 1.165) is 18.7 Å². The normalized spacial score (nSPS) is 10.1. The van der Waals surface area contributed by atoms with Crippen LogP contribution < -0.4 is 5.32 Å². The van der Waals surface area contributed by atoms with Crippen LogP contribution in [-0.2, 0) is 17.8 Å². The van der Waals surface area contributed by atoms with E-state index < -0.39 is 5.97 Å². The van der Waals surface area contributed by atoms with Gasteiger partial charge in [-0.2, -0.15) is 0 Å². The molecule has 0 fully saturated rings. The van der Waals surface area contributed by atoms with Crippen molar-refractivity contribution in [1.29, 1.82) is 0 Å². The molecule has 1 aromatic carbocycles. The molecule has 1 rings (SSSR count). The number of carbonyl (C=O) groups is 1. The molecule has 0 saturated heterocycles. The van der Waals surface area contributed by atoms with E-state index in [0.29, 0.717) is 6.42 Å². The van der Waals surface area contributed by atoms with E-state index in [1.165, 1.54) is 31.2 Å². The van der Waals surface area contributed by atoms with Gasteiger partial charge in [0.2, 0.25) is 0 Å². The van der Waals surface area contributed by atoms with Gasteiger partial charge in [-0.05, 0) is 30.5 Å². The number of carboxylic acid groups (broad SMARTS) is 1. The van der Waals surface area contributed by atoms with Crippen LogP contribution in [0.15, 0.2) is 24.3 Å². The van der Waals surface area contributed by atoms with Crippen LogP contribution in [0.1, 0.15) is 50.2 Å². The molecular weight excluding hydrogens is 274 g/mol. The summed E-state index contributed by atoms with van der Waals surface area (Å²) < 4.78 is 0. The standard InChI is InChI=1S/C16H25NO2.ClH/c1-2-3-4-5-12-17-13-15-8-6-14(7-9-15)10-11-16(18)19;/h6-9,17H,2-5,10-13H2,1H3,(H,18,19);1H. The molecule has 0 atom stereocenters. The number of rotatable bonds is 10. The van der Waals surface area contributed by atoms with Gasteiger partial charge in [0.15, 0.2) is 0 Å². The number of halogens is 1. The van der Waals surface area contributed by atoms with Crippen LogP contribution in [0, 0.1) is 0 Å². The largest absolute Gasteiger partial charge is 0.481 e. The topological polar surface area (TPSA) is 49.3 Å². The number of nitrogens with one attached hydrogen (secondary N) is 1. The first-order valence-electron chi connectivity index (χ1n) is 7.22. The van der Waals surface area contributed by atoms with Crippen molar-refractivity contribution in [3.63, 3.8) is 0 Å². The van der Waals surface area contributed by atoms with E-state index in [4.69, 9.17) is 5.11 Å². The SMILES string of the molecule is CCCCCCNCc1ccc(CCC(=O)O)cc1.Cl. The van der Waals surface area contributed by atoms with Crippen LogP contribution in [0.4, 0.5) is 0 Å². The zero-order chi connectivity index (χ0) is 13.9. The highest BCUT2D eigenvalue weighted by Crippen LogP contribution is 2.07. The summed E-state index contributed by atoms with van der Waals surface area (Å²) in [7, 11) is 0. The molecule has 4 heteroatoms. The molecule has 114 valence electrons. The predicted molar refractivity (Wildman–Crippen MR) is 85.5 cm³/mol. The zero-order valence-electron chi connectivity index (χ0n) is 12.2. The number of benzene rings is 1. The molecule has 20 heavy (non-hydrogen) atoms. The first-order chi connectivity index (χ1) is 9.22. The van der Waals surface area contributed by atoms with Gasteiger partial charge >= 0.3 is 5.97 Å². The summed E-state index contributed by atoms with van der Waals surface area (Å²) in [6.07, 6.45) is 5.95. The number of hydrogen-bond acceptors (Lipinski definition) is 2. The lowest BCUT2D eigenvalue weighted by molar-refractivity contribution is -0.136. The Morgan fingerprint density at radius 1 is 1.10 bits per heavy atom. The molecule has 0 aliphatic rings. The Morgan fingerprint density at radius 2 is 1.75 bits per heavy atom. The Balaban J connectivity index is 0.00000361. The lowest BCUT2D eigenvalue weighted by Crippen LogP contribution is -2.14. The Bertz CT molecular complexity index is 365. The van der Waals surface area contributed by atoms with Gasteiger partial charge in [-0.15, -0.1) is 12.4 Å². The highest BCUT2D eigenvalue weighted by Gasteiger charge is 1.99. The smallest absolute Gasteiger partial charge is 0.303 e. The van der Waals surface area contributed by atoms with E-state index in [1.807, 2.05) is 12.1 Å². The van der Waals surface area contributed by atoms with Crippen molar-refractivity contribution in [1.82, 2.24) is 5.32 Å². The summed E-state index contributed by atoms with van der Waals surface area (Å²) in [5.41, 5.74) is 2.35. The van der Waals surface area contributed by atoms with Crippen molar-refractivity contribution < 1.29 is 9.90 Å². The summed E-state index contributed by atoms with van der Waals surface area (Å²) in [6, 6.07) is 8.21. The molecule has 0 radical (unpaired) electrons. The summed E-state index contributed by atoms with van der Waals surface area (Å²) in [5, 5.41) is 12.1. The van der Waals surface area contributed by atoms with E-state index in [1.54, 1.807) is 0 Å². The van der Waals surface area contributed by atoms with E-state index in [9.17, 15) is 4.79 Å². The van der Waals surface area contributed by atoms with E-state index in [-0.39, 0.29) is 18.8 Å². The van der Waals surface area contributed by atoms with Crippen LogP contribution in [0.25, 0.3) is 0 Å². The lowest BCUT2D eigenvalue weighted by atomic mass is 10.1. The maximum absolute atomic E-state index is 10.5. The number of aryl methyl sites for hydroxylation is 1. The summed E-state index contributed by atoms with van der Waals surface area (Å²) in [4.78, 5) is 10.5. The molecule has 0 aromatic heterocycles. The molecule has 0 saturated carbocycles. The highest BCUT2D eigenvalue weighted by molar-refractivity contribution is 5.85. The Hall–Kier alpha value is -1.06. The zero-order valence-corrected chi connectivity index (χ0v) is 13.0. The van der Waals surface area contributed by atoms with Crippen molar-refractivity contribution in [2.75, 3.05) is 6.54 Å². The number of carboxylic acids is 1. The van der Waals surface area contributed by atoms with Gasteiger partial charge < -0.3 is 10.4 Å². The third kappa shape index (κ3) is 8.94. The molecular formula is C16H26ClNO2. The third-order valence-corrected chi connectivity index (χ3v) is 3.19. The molecule has 0 amide bonds. The molecule has 0 aliphatic carbocycles. The average Bonchev–Trinajstić information content (AvgIpc) is 2.41. The first kappa shape index (κ1) is 18.9. The molecule has 2 N–H and O–H groups in total. The minimum atomic E-state index is -0.738. The second-order valence-electron chi connectivity index (χ2n) is 4.95. The predicted octanol–water partition coefficient (Wildman–Crippen LogP) is 3.80. The maximum atomic E-state index is 10.5. The summed E-state index contributed by atoms with van der Waals surface area (Å²) in [6.45, 7) is 4.19. The second kappa shape index (κ2) is 11.7. The summed E-state index contributed by atoms with van der Waals surface area (Å²) >= 11 is 0. The Kier molecular flexibility index (Phi) is 11.1. The molecule has 0 unspecified atom stereocenters. The number of unbranched alkanes of at least 4 members (excludes halogenated alkanes) is 3. The fraction of sp³-hybridized carbons (Fsp3) is 0.562. The van der Waals surface area contributed by atoms with Gasteiger partial charge in [-0.25, -0.2) is 0 Å². The third-order valence-electron chi connectivity index (χ3n) is 3.19. The molecule has 0 heterocycles. The van der Waals surface area contributed by atoms with Gasteiger partial charge in [0.05, 0.1) is 0 Å². The van der Waals surface area contributed by atoms with Crippen molar-refractivity contribution >= 4 is 18.4 Å². The fourth-order valence-corrected chi connectivity index (χ4v) is 1.98. The van der Waals surface area contributed by atoms with Crippen molar-refractivity contribution in [3.8, 4) is 0 Å². The van der Waals surface area contributed by atoms with E-state index in [2.05, 4.69) is 24.4 Å². The minimum absolute atomic E-state index is 0. The van der Waals surface area contributed by atoms with Crippen LogP contribution in [0.3, 0.4) is 0 Å². The fourth-order valence-electron chi connectivity index (χ4n) is 1.98. The molecule has 0 aliphatic heterocycles. The molecule has 1 aromatic rings. The van der Waals surface area contributed by atoms with Gasteiger partial charge in [-0.1, -0.05) is 50.5 Å². The Morgan fingerprint density at radius 3 is 2.35 bits per heavy atom. The summed E-state index contributed by atoms with van der Waals surface area (Å²) in [5.74, 6) is -0.738. The lowest BCUT2D eigenvalue weighted by Gasteiger charge is -2.06. The molecule has 0 spiro atoms. The van der Waals surface area contributed by atoms with Gasteiger partial charge in [0, 0.05) is 13.0 Å². The Labute approximate surface area is 128 Å². The molecule has 3 nitrogen and oxygen atoms in total.